The van der Waals surface area contributed by atoms with E-state index in [2.05, 4.69) is 48.5 Å². The zero-order valence-electron chi connectivity index (χ0n) is 12.4. The van der Waals surface area contributed by atoms with Crippen molar-refractivity contribution in [2.45, 2.75) is 38.2 Å². The second-order valence-corrected chi connectivity index (χ2v) is 5.66. The molecular weight excluding hydrogens is 256 g/mol. The summed E-state index contributed by atoms with van der Waals surface area (Å²) in [6, 6.07) is 21.0. The molecule has 0 atom stereocenters. The van der Waals surface area contributed by atoms with Gasteiger partial charge < -0.3 is 4.74 Å². The Morgan fingerprint density at radius 3 is 1.81 bits per heavy atom. The van der Waals surface area contributed by atoms with Crippen molar-refractivity contribution in [1.29, 1.82) is 0 Å². The minimum absolute atomic E-state index is 0.390. The van der Waals surface area contributed by atoms with E-state index < -0.39 is 0 Å². The lowest BCUT2D eigenvalue weighted by Gasteiger charge is -2.22. The zero-order chi connectivity index (χ0) is 14.3. The summed E-state index contributed by atoms with van der Waals surface area (Å²) in [5.74, 6) is 0. The highest BCUT2D eigenvalue weighted by Gasteiger charge is 2.14. The zero-order valence-corrected chi connectivity index (χ0v) is 12.4. The van der Waals surface area contributed by atoms with Crippen molar-refractivity contribution in [2.24, 2.45) is 0 Å². The van der Waals surface area contributed by atoms with Crippen LogP contribution >= 0.6 is 0 Å². The molecule has 0 amide bonds. The quantitative estimate of drug-likeness (QED) is 0.678. The van der Waals surface area contributed by atoms with Crippen molar-refractivity contribution >= 4 is 5.57 Å². The van der Waals surface area contributed by atoms with Gasteiger partial charge in [-0.1, -0.05) is 67.1 Å². The third-order valence-corrected chi connectivity index (χ3v) is 4.10. The Labute approximate surface area is 127 Å². The maximum atomic E-state index is 6.09. The van der Waals surface area contributed by atoms with Gasteiger partial charge in [-0.2, -0.15) is 0 Å². The second kappa shape index (κ2) is 7.12. The predicted molar refractivity (Wildman–Crippen MR) is 87.9 cm³/mol. The van der Waals surface area contributed by atoms with Gasteiger partial charge in [-0.3, -0.25) is 0 Å². The molecule has 0 saturated heterocycles. The maximum Gasteiger partial charge on any atom is 0.0978 e. The fourth-order valence-electron chi connectivity index (χ4n) is 2.90. The van der Waals surface area contributed by atoms with E-state index in [0.29, 0.717) is 6.10 Å². The average molecular weight is 278 g/mol. The molecule has 1 heteroatoms. The molecule has 3 rings (SSSR count). The summed E-state index contributed by atoms with van der Waals surface area (Å²) in [6.07, 6.45) is 8.69. The van der Waals surface area contributed by atoms with E-state index in [9.17, 15) is 0 Å². The second-order valence-electron chi connectivity index (χ2n) is 5.66. The van der Waals surface area contributed by atoms with Gasteiger partial charge in [0.25, 0.3) is 0 Å². The minimum atomic E-state index is 0.390. The van der Waals surface area contributed by atoms with Crippen molar-refractivity contribution in [2.75, 3.05) is 0 Å². The van der Waals surface area contributed by atoms with Crippen LogP contribution in [0.25, 0.3) is 5.57 Å². The molecule has 21 heavy (non-hydrogen) atoms. The summed E-state index contributed by atoms with van der Waals surface area (Å²) in [6.45, 7) is 0. The van der Waals surface area contributed by atoms with Crippen molar-refractivity contribution < 1.29 is 4.74 Å². The van der Waals surface area contributed by atoms with Gasteiger partial charge in [-0.25, -0.2) is 0 Å². The van der Waals surface area contributed by atoms with Crippen molar-refractivity contribution in [3.05, 3.63) is 78.1 Å². The number of hydrogen-bond donors (Lipinski definition) is 0. The topological polar surface area (TPSA) is 9.23 Å². The molecule has 108 valence electrons. The summed E-state index contributed by atoms with van der Waals surface area (Å²) >= 11 is 0. The van der Waals surface area contributed by atoms with Crippen LogP contribution < -0.4 is 0 Å². The van der Waals surface area contributed by atoms with E-state index in [4.69, 9.17) is 4.74 Å². The van der Waals surface area contributed by atoms with Gasteiger partial charge in [-0.15, -0.1) is 0 Å². The van der Waals surface area contributed by atoms with Gasteiger partial charge in [0.2, 0.25) is 0 Å². The maximum absolute atomic E-state index is 6.09. The average Bonchev–Trinajstić information content (AvgIpc) is 2.58. The van der Waals surface area contributed by atoms with E-state index >= 15 is 0 Å². The van der Waals surface area contributed by atoms with Crippen LogP contribution in [0.15, 0.2) is 66.9 Å². The van der Waals surface area contributed by atoms with Crippen LogP contribution in [0, 0.1) is 0 Å². The highest BCUT2D eigenvalue weighted by Crippen LogP contribution is 2.26. The molecule has 0 heterocycles. The Bertz CT molecular complexity index is 524. The first-order chi connectivity index (χ1) is 10.4. The lowest BCUT2D eigenvalue weighted by molar-refractivity contribution is 0.107. The molecule has 0 aliphatic heterocycles. The summed E-state index contributed by atoms with van der Waals surface area (Å²) in [7, 11) is 0. The summed E-state index contributed by atoms with van der Waals surface area (Å²) in [5, 5.41) is 0. The predicted octanol–water partition coefficient (Wildman–Crippen LogP) is 5.43. The summed E-state index contributed by atoms with van der Waals surface area (Å²) < 4.78 is 6.09. The van der Waals surface area contributed by atoms with E-state index in [-0.39, 0.29) is 0 Å². The highest BCUT2D eigenvalue weighted by atomic mass is 16.5. The van der Waals surface area contributed by atoms with E-state index in [1.807, 2.05) is 18.4 Å². The SMILES string of the molecule is C(OC1CCCCC1)=C(c1ccccc1)c1ccccc1. The molecule has 0 spiro atoms. The van der Waals surface area contributed by atoms with Gasteiger partial charge in [0.1, 0.15) is 0 Å². The molecule has 1 aliphatic carbocycles. The molecule has 1 fully saturated rings. The van der Waals surface area contributed by atoms with E-state index in [1.54, 1.807) is 0 Å². The molecule has 2 aromatic carbocycles. The molecule has 0 unspecified atom stereocenters. The Hall–Kier alpha value is -2.02. The van der Waals surface area contributed by atoms with E-state index in [1.165, 1.54) is 48.8 Å². The van der Waals surface area contributed by atoms with Crippen LogP contribution in [0.5, 0.6) is 0 Å². The first-order valence-electron chi connectivity index (χ1n) is 7.90. The molecule has 0 N–H and O–H groups in total. The van der Waals surface area contributed by atoms with Gasteiger partial charge >= 0.3 is 0 Å². The van der Waals surface area contributed by atoms with Crippen LogP contribution in [0.4, 0.5) is 0 Å². The lowest BCUT2D eigenvalue weighted by atomic mass is 9.97. The molecule has 1 aliphatic rings. The molecule has 0 bridgehead atoms. The van der Waals surface area contributed by atoms with Crippen LogP contribution in [0.1, 0.15) is 43.2 Å². The van der Waals surface area contributed by atoms with Crippen LogP contribution in [0.2, 0.25) is 0 Å². The lowest BCUT2D eigenvalue weighted by Crippen LogP contribution is -2.13. The van der Waals surface area contributed by atoms with Crippen molar-refractivity contribution in [3.8, 4) is 0 Å². The third kappa shape index (κ3) is 3.75. The fraction of sp³-hybridized carbons (Fsp3) is 0.300. The number of ether oxygens (including phenoxy) is 1. The van der Waals surface area contributed by atoms with Crippen LogP contribution in [0.3, 0.4) is 0 Å². The minimum Gasteiger partial charge on any atom is -0.497 e. The number of rotatable bonds is 4. The largest absolute Gasteiger partial charge is 0.497 e. The molecular formula is C20H22O. The first kappa shape index (κ1) is 13.9. The molecule has 0 aromatic heterocycles. The van der Waals surface area contributed by atoms with Gasteiger partial charge in [0, 0.05) is 5.57 Å². The van der Waals surface area contributed by atoms with Crippen LogP contribution in [-0.2, 0) is 4.74 Å². The van der Waals surface area contributed by atoms with Crippen LogP contribution in [-0.4, -0.2) is 6.10 Å². The first-order valence-corrected chi connectivity index (χ1v) is 7.90. The van der Waals surface area contributed by atoms with Crippen molar-refractivity contribution in [1.82, 2.24) is 0 Å². The molecule has 0 radical (unpaired) electrons. The summed E-state index contributed by atoms with van der Waals surface area (Å²) in [5.41, 5.74) is 3.58. The van der Waals surface area contributed by atoms with Gasteiger partial charge in [-0.05, 0) is 36.8 Å². The van der Waals surface area contributed by atoms with E-state index in [0.717, 1.165) is 0 Å². The summed E-state index contributed by atoms with van der Waals surface area (Å²) in [4.78, 5) is 0. The third-order valence-electron chi connectivity index (χ3n) is 4.10. The Balaban J connectivity index is 1.85. The normalized spacial score (nSPS) is 15.4. The number of benzene rings is 2. The van der Waals surface area contributed by atoms with Crippen molar-refractivity contribution in [3.63, 3.8) is 0 Å². The fourth-order valence-corrected chi connectivity index (χ4v) is 2.90. The van der Waals surface area contributed by atoms with Gasteiger partial charge in [0.05, 0.1) is 12.4 Å². The highest BCUT2D eigenvalue weighted by molar-refractivity contribution is 5.78. The monoisotopic (exact) mass is 278 g/mol. The molecule has 1 nitrogen and oxygen atoms in total. The Kier molecular flexibility index (Phi) is 4.73. The Morgan fingerprint density at radius 1 is 0.762 bits per heavy atom. The number of hydrogen-bond acceptors (Lipinski definition) is 1. The standard InChI is InChI=1S/C20H22O/c1-4-10-17(11-5-1)20(18-12-6-2-7-13-18)16-21-19-14-8-3-9-15-19/h1-2,4-7,10-13,16,19H,3,8-9,14-15H2. The Morgan fingerprint density at radius 2 is 1.29 bits per heavy atom. The molecule has 2 aromatic rings. The van der Waals surface area contributed by atoms with Gasteiger partial charge in [0.15, 0.2) is 0 Å². The smallest absolute Gasteiger partial charge is 0.0978 e. The molecule has 1 saturated carbocycles.